The molecule has 5 heteroatoms. The zero-order valence-corrected chi connectivity index (χ0v) is 13.5. The van der Waals surface area contributed by atoms with Gasteiger partial charge < -0.3 is 15.8 Å². The molecule has 0 saturated carbocycles. The van der Waals surface area contributed by atoms with Gasteiger partial charge in [0.1, 0.15) is 11.3 Å². The number of ether oxygens (including phenoxy) is 1. The van der Waals surface area contributed by atoms with E-state index in [-0.39, 0.29) is 5.91 Å². The number of rotatable bonds is 4. The largest absolute Gasteiger partial charge is 0.495 e. The first-order valence-corrected chi connectivity index (χ1v) is 7.24. The number of hydrogen-bond donors (Lipinski definition) is 2. The Hall–Kier alpha value is -1.85. The van der Waals surface area contributed by atoms with Crippen LogP contribution in [0.4, 0.5) is 5.69 Å². The van der Waals surface area contributed by atoms with Crippen molar-refractivity contribution >= 4 is 27.5 Å². The van der Waals surface area contributed by atoms with E-state index >= 15 is 0 Å². The lowest BCUT2D eigenvalue weighted by Gasteiger charge is -2.24. The SMILES string of the molecule is COc1cc(NC(=O)C(C)(N)c2ccccc2)ccc1Br. The van der Waals surface area contributed by atoms with Gasteiger partial charge in [0.25, 0.3) is 0 Å². The van der Waals surface area contributed by atoms with Gasteiger partial charge in [0.2, 0.25) is 5.91 Å². The summed E-state index contributed by atoms with van der Waals surface area (Å²) in [6, 6.07) is 14.6. The third-order valence-corrected chi connectivity index (χ3v) is 3.91. The third-order valence-electron chi connectivity index (χ3n) is 3.25. The Kier molecular flexibility index (Phi) is 4.65. The summed E-state index contributed by atoms with van der Waals surface area (Å²) in [5.41, 5.74) is 6.46. The maximum atomic E-state index is 12.4. The first-order valence-electron chi connectivity index (χ1n) is 6.44. The fourth-order valence-corrected chi connectivity index (χ4v) is 2.32. The summed E-state index contributed by atoms with van der Waals surface area (Å²) >= 11 is 3.37. The van der Waals surface area contributed by atoms with Gasteiger partial charge in [0.15, 0.2) is 0 Å². The zero-order chi connectivity index (χ0) is 15.5. The second kappa shape index (κ2) is 6.28. The van der Waals surface area contributed by atoms with Crippen molar-refractivity contribution in [3.8, 4) is 5.75 Å². The van der Waals surface area contributed by atoms with Crippen molar-refractivity contribution in [2.45, 2.75) is 12.5 Å². The van der Waals surface area contributed by atoms with E-state index in [4.69, 9.17) is 10.5 Å². The molecule has 21 heavy (non-hydrogen) atoms. The molecule has 2 rings (SSSR count). The summed E-state index contributed by atoms with van der Waals surface area (Å²) in [5.74, 6) is 0.365. The van der Waals surface area contributed by atoms with Crippen LogP contribution in [0, 0.1) is 0 Å². The number of anilines is 1. The van der Waals surface area contributed by atoms with Crippen LogP contribution >= 0.6 is 15.9 Å². The van der Waals surface area contributed by atoms with Crippen molar-refractivity contribution in [1.82, 2.24) is 0 Å². The smallest absolute Gasteiger partial charge is 0.248 e. The molecule has 0 fully saturated rings. The number of nitrogens with one attached hydrogen (secondary N) is 1. The molecule has 0 aliphatic heterocycles. The minimum atomic E-state index is -1.11. The fourth-order valence-electron chi connectivity index (χ4n) is 1.91. The van der Waals surface area contributed by atoms with Gasteiger partial charge in [-0.15, -0.1) is 0 Å². The molecule has 1 amide bonds. The van der Waals surface area contributed by atoms with Crippen LogP contribution in [-0.2, 0) is 10.3 Å². The summed E-state index contributed by atoms with van der Waals surface area (Å²) in [4.78, 5) is 12.4. The van der Waals surface area contributed by atoms with Crippen molar-refractivity contribution in [2.24, 2.45) is 5.73 Å². The van der Waals surface area contributed by atoms with Crippen LogP contribution in [0.25, 0.3) is 0 Å². The van der Waals surface area contributed by atoms with E-state index in [2.05, 4.69) is 21.2 Å². The van der Waals surface area contributed by atoms with Gasteiger partial charge in [-0.1, -0.05) is 30.3 Å². The normalized spacial score (nSPS) is 13.3. The molecule has 0 heterocycles. The Labute approximate surface area is 132 Å². The van der Waals surface area contributed by atoms with Crippen LogP contribution in [0.15, 0.2) is 53.0 Å². The Morgan fingerprint density at radius 2 is 1.90 bits per heavy atom. The van der Waals surface area contributed by atoms with E-state index in [0.29, 0.717) is 11.4 Å². The second-order valence-electron chi connectivity index (χ2n) is 4.87. The van der Waals surface area contributed by atoms with Crippen LogP contribution in [0.2, 0.25) is 0 Å². The number of amides is 1. The highest BCUT2D eigenvalue weighted by atomic mass is 79.9. The summed E-state index contributed by atoms with van der Waals surface area (Å²) in [6.07, 6.45) is 0. The van der Waals surface area contributed by atoms with Crippen molar-refractivity contribution in [1.29, 1.82) is 0 Å². The van der Waals surface area contributed by atoms with Crippen LogP contribution < -0.4 is 15.8 Å². The molecule has 0 spiro atoms. The molecule has 0 saturated heterocycles. The van der Waals surface area contributed by atoms with Gasteiger partial charge in [-0.05, 0) is 40.5 Å². The second-order valence-corrected chi connectivity index (χ2v) is 5.73. The van der Waals surface area contributed by atoms with Gasteiger partial charge >= 0.3 is 0 Å². The van der Waals surface area contributed by atoms with E-state index in [0.717, 1.165) is 10.0 Å². The number of hydrogen-bond acceptors (Lipinski definition) is 3. The van der Waals surface area contributed by atoms with Crippen molar-refractivity contribution in [3.63, 3.8) is 0 Å². The van der Waals surface area contributed by atoms with Crippen molar-refractivity contribution in [3.05, 3.63) is 58.6 Å². The third kappa shape index (κ3) is 3.43. The maximum absolute atomic E-state index is 12.4. The minimum absolute atomic E-state index is 0.280. The lowest BCUT2D eigenvalue weighted by molar-refractivity contribution is -0.120. The number of carbonyl (C=O) groups excluding carboxylic acids is 1. The molecule has 0 bridgehead atoms. The van der Waals surface area contributed by atoms with Gasteiger partial charge in [-0.3, -0.25) is 4.79 Å². The highest BCUT2D eigenvalue weighted by Crippen LogP contribution is 2.28. The Balaban J connectivity index is 2.21. The molecule has 0 aliphatic carbocycles. The van der Waals surface area contributed by atoms with Crippen molar-refractivity contribution in [2.75, 3.05) is 12.4 Å². The molecule has 4 nitrogen and oxygen atoms in total. The zero-order valence-electron chi connectivity index (χ0n) is 11.9. The van der Waals surface area contributed by atoms with E-state index in [1.165, 1.54) is 0 Å². The molecule has 1 unspecified atom stereocenters. The highest BCUT2D eigenvalue weighted by molar-refractivity contribution is 9.10. The predicted octanol–water partition coefficient (Wildman–Crippen LogP) is 3.27. The Morgan fingerprint density at radius 3 is 2.52 bits per heavy atom. The fraction of sp³-hybridized carbons (Fsp3) is 0.188. The van der Waals surface area contributed by atoms with Gasteiger partial charge in [-0.25, -0.2) is 0 Å². The number of methoxy groups -OCH3 is 1. The molecule has 2 aromatic rings. The molecule has 1 atom stereocenters. The number of benzene rings is 2. The average Bonchev–Trinajstić information content (AvgIpc) is 2.50. The lowest BCUT2D eigenvalue weighted by Crippen LogP contribution is -2.45. The van der Waals surface area contributed by atoms with Gasteiger partial charge in [0.05, 0.1) is 11.6 Å². The molecule has 2 aromatic carbocycles. The summed E-state index contributed by atoms with van der Waals surface area (Å²) in [5, 5.41) is 2.82. The van der Waals surface area contributed by atoms with Gasteiger partial charge in [-0.2, -0.15) is 0 Å². The Morgan fingerprint density at radius 1 is 1.24 bits per heavy atom. The number of halogens is 1. The first kappa shape index (κ1) is 15.5. The van der Waals surface area contributed by atoms with Crippen LogP contribution in [0.5, 0.6) is 5.75 Å². The molecule has 110 valence electrons. The standard InChI is InChI=1S/C16H17BrN2O2/c1-16(18,11-6-4-3-5-7-11)15(20)19-12-8-9-13(17)14(10-12)21-2/h3-10H,18H2,1-2H3,(H,19,20). The Bertz CT molecular complexity index is 642. The minimum Gasteiger partial charge on any atom is -0.495 e. The molecule has 0 aromatic heterocycles. The van der Waals surface area contributed by atoms with Crippen LogP contribution in [-0.4, -0.2) is 13.0 Å². The molecule has 0 aliphatic rings. The van der Waals surface area contributed by atoms with Crippen LogP contribution in [0.1, 0.15) is 12.5 Å². The first-order chi connectivity index (χ1) is 9.95. The highest BCUT2D eigenvalue weighted by Gasteiger charge is 2.30. The number of nitrogens with two attached hydrogens (primary N) is 1. The van der Waals surface area contributed by atoms with E-state index in [1.807, 2.05) is 36.4 Å². The van der Waals surface area contributed by atoms with Crippen LogP contribution in [0.3, 0.4) is 0 Å². The lowest BCUT2D eigenvalue weighted by atomic mass is 9.92. The van der Waals surface area contributed by atoms with E-state index < -0.39 is 5.54 Å². The quantitative estimate of drug-likeness (QED) is 0.891. The van der Waals surface area contributed by atoms with E-state index in [9.17, 15) is 4.79 Å². The maximum Gasteiger partial charge on any atom is 0.248 e. The summed E-state index contributed by atoms with van der Waals surface area (Å²) < 4.78 is 6.03. The average molecular weight is 349 g/mol. The molecule has 0 radical (unpaired) electrons. The summed E-state index contributed by atoms with van der Waals surface area (Å²) in [7, 11) is 1.57. The molecule has 3 N–H and O–H groups in total. The topological polar surface area (TPSA) is 64.3 Å². The van der Waals surface area contributed by atoms with Gasteiger partial charge in [0, 0.05) is 11.8 Å². The monoisotopic (exact) mass is 348 g/mol. The predicted molar refractivity (Wildman–Crippen MR) is 87.3 cm³/mol. The molecular weight excluding hydrogens is 332 g/mol. The number of carbonyl (C=O) groups is 1. The summed E-state index contributed by atoms with van der Waals surface area (Å²) in [6.45, 7) is 1.69. The van der Waals surface area contributed by atoms with Crippen molar-refractivity contribution < 1.29 is 9.53 Å². The molecular formula is C16H17BrN2O2. The van der Waals surface area contributed by atoms with E-state index in [1.54, 1.807) is 26.2 Å².